The SMILES string of the molecule is N#Cc1cnc(C2CC2)nc1N1CCc2c(sn(Cc3ccc(F)cc3)c2=O)C1. The van der Waals surface area contributed by atoms with Crippen LogP contribution < -0.4 is 10.5 Å². The summed E-state index contributed by atoms with van der Waals surface area (Å²) in [4.78, 5) is 24.9. The fourth-order valence-electron chi connectivity index (χ4n) is 3.65. The highest BCUT2D eigenvalue weighted by Crippen LogP contribution is 2.39. The maximum atomic E-state index is 13.1. The quantitative estimate of drug-likeness (QED) is 0.664. The van der Waals surface area contributed by atoms with Crippen LogP contribution in [0.1, 0.15) is 46.2 Å². The summed E-state index contributed by atoms with van der Waals surface area (Å²) in [7, 11) is 0. The van der Waals surface area contributed by atoms with E-state index in [0.29, 0.717) is 43.4 Å². The molecule has 0 bridgehead atoms. The first-order valence-electron chi connectivity index (χ1n) is 9.60. The van der Waals surface area contributed by atoms with E-state index < -0.39 is 0 Å². The van der Waals surface area contributed by atoms with Gasteiger partial charge < -0.3 is 4.90 Å². The van der Waals surface area contributed by atoms with E-state index in [0.717, 1.165) is 34.7 Å². The van der Waals surface area contributed by atoms with Crippen molar-refractivity contribution >= 4 is 17.4 Å². The summed E-state index contributed by atoms with van der Waals surface area (Å²) >= 11 is 1.44. The summed E-state index contributed by atoms with van der Waals surface area (Å²) in [5, 5.41) is 9.49. The van der Waals surface area contributed by atoms with Crippen molar-refractivity contribution in [2.75, 3.05) is 11.4 Å². The van der Waals surface area contributed by atoms with Crippen LogP contribution in [0.4, 0.5) is 10.2 Å². The van der Waals surface area contributed by atoms with Gasteiger partial charge >= 0.3 is 0 Å². The third-order valence-electron chi connectivity index (χ3n) is 5.40. The Balaban J connectivity index is 1.43. The van der Waals surface area contributed by atoms with Crippen LogP contribution in [0, 0.1) is 17.1 Å². The molecular weight excluding hydrogens is 389 g/mol. The summed E-state index contributed by atoms with van der Waals surface area (Å²) in [5.41, 5.74) is 2.22. The summed E-state index contributed by atoms with van der Waals surface area (Å²) in [5.74, 6) is 1.61. The Kier molecular flexibility index (Phi) is 4.40. The fourth-order valence-corrected chi connectivity index (χ4v) is 4.84. The van der Waals surface area contributed by atoms with Gasteiger partial charge in [-0.1, -0.05) is 23.7 Å². The fraction of sp³-hybridized carbons (Fsp3) is 0.333. The minimum atomic E-state index is -0.286. The van der Waals surface area contributed by atoms with E-state index in [1.54, 1.807) is 22.3 Å². The van der Waals surface area contributed by atoms with E-state index in [1.807, 2.05) is 0 Å². The second-order valence-electron chi connectivity index (χ2n) is 7.48. The zero-order valence-electron chi connectivity index (χ0n) is 15.6. The zero-order chi connectivity index (χ0) is 20.0. The van der Waals surface area contributed by atoms with Gasteiger partial charge in [-0.25, -0.2) is 14.4 Å². The van der Waals surface area contributed by atoms with Gasteiger partial charge in [-0.05, 0) is 37.0 Å². The number of halogens is 1. The van der Waals surface area contributed by atoms with E-state index >= 15 is 0 Å². The number of rotatable bonds is 4. The van der Waals surface area contributed by atoms with Crippen LogP contribution in [0.5, 0.6) is 0 Å². The Labute approximate surface area is 171 Å². The summed E-state index contributed by atoms with van der Waals surface area (Å²) in [6.07, 6.45) is 4.44. The molecule has 0 N–H and O–H groups in total. The molecule has 146 valence electrons. The lowest BCUT2D eigenvalue weighted by Gasteiger charge is -2.27. The average Bonchev–Trinajstić information content (AvgIpc) is 3.55. The summed E-state index contributed by atoms with van der Waals surface area (Å²) in [6, 6.07) is 8.41. The number of nitrogens with zero attached hydrogens (tertiary/aromatic N) is 5. The molecule has 1 aliphatic heterocycles. The number of fused-ring (bicyclic) bond motifs is 1. The average molecular weight is 407 g/mol. The molecule has 0 radical (unpaired) electrons. The molecular formula is C21H18FN5OS. The lowest BCUT2D eigenvalue weighted by atomic mass is 10.1. The van der Waals surface area contributed by atoms with Crippen molar-refractivity contribution in [1.82, 2.24) is 13.9 Å². The molecule has 3 heterocycles. The number of benzene rings is 1. The molecule has 1 aliphatic carbocycles. The molecule has 5 rings (SSSR count). The Morgan fingerprint density at radius 2 is 2.07 bits per heavy atom. The highest BCUT2D eigenvalue weighted by atomic mass is 32.1. The van der Waals surface area contributed by atoms with E-state index in [-0.39, 0.29) is 11.4 Å². The monoisotopic (exact) mass is 407 g/mol. The van der Waals surface area contributed by atoms with Gasteiger partial charge in [0.1, 0.15) is 23.3 Å². The van der Waals surface area contributed by atoms with Crippen LogP contribution in [-0.4, -0.2) is 20.5 Å². The minimum Gasteiger partial charge on any atom is -0.350 e. The van der Waals surface area contributed by atoms with Crippen molar-refractivity contribution < 1.29 is 4.39 Å². The standard InChI is InChI=1S/C21H18FN5OS/c22-16-5-1-13(2-6-16)11-27-21(28)17-7-8-26(12-18(17)29-27)20-15(9-23)10-24-19(25-20)14-3-4-14/h1-2,5-6,10,14H,3-4,7-8,11-12H2. The van der Waals surface area contributed by atoms with Crippen molar-refractivity contribution in [2.45, 2.75) is 38.3 Å². The molecule has 1 fully saturated rings. The van der Waals surface area contributed by atoms with Crippen molar-refractivity contribution in [3.05, 3.63) is 74.0 Å². The van der Waals surface area contributed by atoms with Gasteiger partial charge in [0.25, 0.3) is 5.56 Å². The molecule has 29 heavy (non-hydrogen) atoms. The molecule has 0 spiro atoms. The molecule has 6 nitrogen and oxygen atoms in total. The second-order valence-corrected chi connectivity index (χ2v) is 8.60. The molecule has 0 atom stereocenters. The van der Waals surface area contributed by atoms with Gasteiger partial charge in [-0.2, -0.15) is 5.26 Å². The number of anilines is 1. The summed E-state index contributed by atoms with van der Waals surface area (Å²) in [6.45, 7) is 1.63. The number of hydrogen-bond acceptors (Lipinski definition) is 6. The molecule has 0 unspecified atom stereocenters. The minimum absolute atomic E-state index is 0.0239. The first-order chi connectivity index (χ1) is 14.1. The Hall–Kier alpha value is -3.05. The molecule has 0 saturated heterocycles. The topological polar surface area (TPSA) is 74.8 Å². The van der Waals surface area contributed by atoms with Gasteiger partial charge in [-0.15, -0.1) is 0 Å². The lowest BCUT2D eigenvalue weighted by Crippen LogP contribution is -2.33. The second kappa shape index (κ2) is 7.08. The van der Waals surface area contributed by atoms with Crippen LogP contribution >= 0.6 is 11.5 Å². The van der Waals surface area contributed by atoms with Gasteiger partial charge in [-0.3, -0.25) is 8.75 Å². The molecule has 3 aromatic rings. The van der Waals surface area contributed by atoms with Gasteiger partial charge in [0.2, 0.25) is 0 Å². The smallest absolute Gasteiger partial charge is 0.264 e. The molecule has 0 amide bonds. The molecule has 2 aromatic heterocycles. The molecule has 1 aromatic carbocycles. The van der Waals surface area contributed by atoms with Crippen LogP contribution in [-0.2, 0) is 19.5 Å². The lowest BCUT2D eigenvalue weighted by molar-refractivity contribution is 0.626. The molecule has 2 aliphatic rings. The maximum absolute atomic E-state index is 13.1. The van der Waals surface area contributed by atoms with Gasteiger partial charge in [0.05, 0.1) is 24.2 Å². The predicted molar refractivity (Wildman–Crippen MR) is 108 cm³/mol. The highest BCUT2D eigenvalue weighted by Gasteiger charge is 2.30. The predicted octanol–water partition coefficient (Wildman–Crippen LogP) is 3.20. The van der Waals surface area contributed by atoms with Crippen LogP contribution in [0.3, 0.4) is 0 Å². The van der Waals surface area contributed by atoms with Crippen molar-refractivity contribution in [3.63, 3.8) is 0 Å². The van der Waals surface area contributed by atoms with E-state index in [4.69, 9.17) is 0 Å². The largest absolute Gasteiger partial charge is 0.350 e. The summed E-state index contributed by atoms with van der Waals surface area (Å²) < 4.78 is 14.9. The molecule has 8 heteroatoms. The third-order valence-corrected chi connectivity index (χ3v) is 6.51. The van der Waals surface area contributed by atoms with Crippen LogP contribution in [0.2, 0.25) is 0 Å². The number of hydrogen-bond donors (Lipinski definition) is 0. The maximum Gasteiger partial charge on any atom is 0.264 e. The highest BCUT2D eigenvalue weighted by molar-refractivity contribution is 7.06. The third kappa shape index (κ3) is 3.42. The number of aromatic nitrogens is 3. The van der Waals surface area contributed by atoms with Crippen molar-refractivity contribution in [1.29, 1.82) is 5.26 Å². The van der Waals surface area contributed by atoms with Crippen molar-refractivity contribution in [2.24, 2.45) is 0 Å². The zero-order valence-corrected chi connectivity index (χ0v) is 16.5. The van der Waals surface area contributed by atoms with Crippen molar-refractivity contribution in [3.8, 4) is 6.07 Å². The Morgan fingerprint density at radius 1 is 1.28 bits per heavy atom. The van der Waals surface area contributed by atoms with Gasteiger partial charge in [0, 0.05) is 18.0 Å². The van der Waals surface area contributed by atoms with Crippen LogP contribution in [0.25, 0.3) is 0 Å². The number of nitriles is 1. The van der Waals surface area contributed by atoms with Gasteiger partial charge in [0.15, 0.2) is 5.82 Å². The Morgan fingerprint density at radius 3 is 2.79 bits per heavy atom. The van der Waals surface area contributed by atoms with E-state index in [1.165, 1.54) is 23.7 Å². The first kappa shape index (κ1) is 18.0. The first-order valence-corrected chi connectivity index (χ1v) is 10.4. The van der Waals surface area contributed by atoms with Crippen LogP contribution in [0.15, 0.2) is 35.3 Å². The van der Waals surface area contributed by atoms with E-state index in [2.05, 4.69) is 20.9 Å². The van der Waals surface area contributed by atoms with E-state index in [9.17, 15) is 14.4 Å². The Bertz CT molecular complexity index is 1170. The normalized spacial score (nSPS) is 15.8. The molecule has 1 saturated carbocycles.